The fourth-order valence-electron chi connectivity index (χ4n) is 0.620. The first-order chi connectivity index (χ1) is 8.72. The Balaban J connectivity index is 0. The number of nitrogens with zero attached hydrogens (tertiary/aromatic N) is 4. The molecular weight excluding hydrogens is 240 g/mol. The zero-order chi connectivity index (χ0) is 14.1. The zero-order valence-corrected chi connectivity index (χ0v) is 9.83. The van der Waals surface area contributed by atoms with Crippen LogP contribution in [0.3, 0.4) is 0 Å². The predicted octanol–water partition coefficient (Wildman–Crippen LogP) is 0.0946. The van der Waals surface area contributed by atoms with Crippen LogP contribution in [0.25, 0.3) is 0 Å². The summed E-state index contributed by atoms with van der Waals surface area (Å²) in [5, 5.41) is 0. The van der Waals surface area contributed by atoms with Gasteiger partial charge in [-0.25, -0.2) is 39.1 Å². The lowest BCUT2D eigenvalue weighted by atomic mass is 10.4. The van der Waals surface area contributed by atoms with Gasteiger partial charge in [0.15, 0.2) is 0 Å². The highest BCUT2D eigenvalue weighted by molar-refractivity contribution is 5.35. The molecule has 0 rings (SSSR count). The molecule has 0 aromatic heterocycles. The van der Waals surface area contributed by atoms with Crippen molar-refractivity contribution in [3.8, 4) is 0 Å². The maximum Gasteiger partial charge on any atom is 0.235 e. The predicted molar refractivity (Wildman–Crippen MR) is 61.2 cm³/mol. The summed E-state index contributed by atoms with van der Waals surface area (Å²) >= 11 is 0. The van der Waals surface area contributed by atoms with E-state index in [9.17, 15) is 19.2 Å². The molecule has 0 bridgehead atoms. The molecule has 0 aliphatic carbocycles. The summed E-state index contributed by atoms with van der Waals surface area (Å²) in [5.74, 6) is 0. The van der Waals surface area contributed by atoms with E-state index in [1.807, 2.05) is 0 Å². The SMILES string of the molecule is CC(CN=C=O)N=C=O.O=C=NCCCN=C=O. The minimum Gasteiger partial charge on any atom is -0.211 e. The highest BCUT2D eigenvalue weighted by atomic mass is 16.1. The first-order valence-corrected chi connectivity index (χ1v) is 4.90. The van der Waals surface area contributed by atoms with Crippen molar-refractivity contribution in [3.63, 3.8) is 0 Å². The van der Waals surface area contributed by atoms with Crippen molar-refractivity contribution in [2.45, 2.75) is 19.4 Å². The quantitative estimate of drug-likeness (QED) is 0.362. The van der Waals surface area contributed by atoms with Crippen molar-refractivity contribution in [1.82, 2.24) is 0 Å². The molecule has 0 fully saturated rings. The molecule has 0 amide bonds. The largest absolute Gasteiger partial charge is 0.235 e. The summed E-state index contributed by atoms with van der Waals surface area (Å²) in [6.07, 6.45) is 6.06. The smallest absolute Gasteiger partial charge is 0.211 e. The van der Waals surface area contributed by atoms with Gasteiger partial charge in [-0.2, -0.15) is 0 Å². The van der Waals surface area contributed by atoms with Gasteiger partial charge in [0.2, 0.25) is 24.3 Å². The van der Waals surface area contributed by atoms with Gasteiger partial charge in [0.05, 0.1) is 25.7 Å². The van der Waals surface area contributed by atoms with E-state index in [0.29, 0.717) is 19.5 Å². The fraction of sp³-hybridized carbons (Fsp3) is 0.600. The van der Waals surface area contributed by atoms with Crippen LogP contribution in [-0.2, 0) is 19.2 Å². The normalized spacial score (nSPS) is 8.94. The number of isocyanates is 4. The molecule has 0 aliphatic heterocycles. The number of hydrogen-bond donors (Lipinski definition) is 0. The van der Waals surface area contributed by atoms with E-state index in [1.165, 1.54) is 24.3 Å². The second-order valence-corrected chi connectivity index (χ2v) is 2.80. The van der Waals surface area contributed by atoms with Gasteiger partial charge in [0, 0.05) is 0 Å². The Bertz CT molecular complexity index is 380. The minimum atomic E-state index is -0.260. The third-order valence-electron chi connectivity index (χ3n) is 1.36. The maximum atomic E-state index is 9.55. The molecule has 0 radical (unpaired) electrons. The van der Waals surface area contributed by atoms with Crippen LogP contribution >= 0.6 is 0 Å². The summed E-state index contributed by atoms with van der Waals surface area (Å²) in [4.78, 5) is 50.9. The number of hydrogen-bond acceptors (Lipinski definition) is 8. The summed E-state index contributed by atoms with van der Waals surface area (Å²) in [5.41, 5.74) is 0. The van der Waals surface area contributed by atoms with Crippen LogP contribution in [0.2, 0.25) is 0 Å². The Kier molecular flexibility index (Phi) is 16.8. The molecule has 96 valence electrons. The molecule has 8 nitrogen and oxygen atoms in total. The standard InChI is InChI=1S/2C5H6N2O2/c1-5(7-4-9)2-6-3-8;8-4-6-2-1-3-7-5-9/h5H,2H2,1H3;1-3H2. The summed E-state index contributed by atoms with van der Waals surface area (Å²) < 4.78 is 0. The van der Waals surface area contributed by atoms with Gasteiger partial charge >= 0.3 is 0 Å². The third kappa shape index (κ3) is 19.1. The fourth-order valence-corrected chi connectivity index (χ4v) is 0.620. The van der Waals surface area contributed by atoms with E-state index in [1.54, 1.807) is 6.92 Å². The lowest BCUT2D eigenvalue weighted by molar-refractivity contribution is 0.554. The molecular formula is C10H12N4O4. The second-order valence-electron chi connectivity index (χ2n) is 2.80. The number of aliphatic imine (C=N–C) groups is 4. The minimum absolute atomic E-state index is 0.207. The van der Waals surface area contributed by atoms with Crippen molar-refractivity contribution < 1.29 is 19.2 Å². The topological polar surface area (TPSA) is 118 Å². The van der Waals surface area contributed by atoms with Crippen molar-refractivity contribution in [3.05, 3.63) is 0 Å². The zero-order valence-electron chi connectivity index (χ0n) is 9.83. The van der Waals surface area contributed by atoms with Crippen molar-refractivity contribution >= 4 is 24.3 Å². The molecule has 0 saturated heterocycles. The average Bonchev–Trinajstić information content (AvgIpc) is 2.37. The summed E-state index contributed by atoms with van der Waals surface area (Å²) in [7, 11) is 0. The Morgan fingerprint density at radius 1 is 0.833 bits per heavy atom. The van der Waals surface area contributed by atoms with Crippen LogP contribution in [0.5, 0.6) is 0 Å². The molecule has 0 N–H and O–H groups in total. The van der Waals surface area contributed by atoms with Gasteiger partial charge in [-0.15, -0.1) is 0 Å². The Morgan fingerprint density at radius 2 is 1.33 bits per heavy atom. The van der Waals surface area contributed by atoms with Gasteiger partial charge in [0.1, 0.15) is 0 Å². The van der Waals surface area contributed by atoms with E-state index in [4.69, 9.17) is 0 Å². The number of rotatable bonds is 7. The molecule has 1 atom stereocenters. The van der Waals surface area contributed by atoms with E-state index in [-0.39, 0.29) is 12.6 Å². The maximum absolute atomic E-state index is 9.55. The molecule has 0 aliphatic rings. The van der Waals surface area contributed by atoms with Gasteiger partial charge in [-0.05, 0) is 13.3 Å². The molecule has 0 heterocycles. The number of carbonyl (C=O) groups excluding carboxylic acids is 4. The molecule has 0 saturated carbocycles. The van der Waals surface area contributed by atoms with Gasteiger partial charge in [-0.3, -0.25) is 0 Å². The van der Waals surface area contributed by atoms with Crippen LogP contribution in [0, 0.1) is 0 Å². The third-order valence-corrected chi connectivity index (χ3v) is 1.36. The summed E-state index contributed by atoms with van der Waals surface area (Å²) in [6, 6.07) is -0.260. The van der Waals surface area contributed by atoms with E-state index >= 15 is 0 Å². The van der Waals surface area contributed by atoms with E-state index in [2.05, 4.69) is 20.0 Å². The van der Waals surface area contributed by atoms with E-state index < -0.39 is 0 Å². The van der Waals surface area contributed by atoms with Gasteiger partial charge < -0.3 is 0 Å². The van der Waals surface area contributed by atoms with Crippen molar-refractivity contribution in [2.75, 3.05) is 19.6 Å². The van der Waals surface area contributed by atoms with Crippen LogP contribution in [0.15, 0.2) is 20.0 Å². The molecule has 18 heavy (non-hydrogen) atoms. The van der Waals surface area contributed by atoms with Crippen molar-refractivity contribution in [2.24, 2.45) is 20.0 Å². The highest BCUT2D eigenvalue weighted by Crippen LogP contribution is 1.85. The molecule has 0 aromatic carbocycles. The van der Waals surface area contributed by atoms with Crippen LogP contribution in [-0.4, -0.2) is 50.0 Å². The molecule has 8 heteroatoms. The Morgan fingerprint density at radius 3 is 1.72 bits per heavy atom. The first-order valence-electron chi connectivity index (χ1n) is 4.90. The van der Waals surface area contributed by atoms with Gasteiger partial charge in [-0.1, -0.05) is 0 Å². The summed E-state index contributed by atoms with van der Waals surface area (Å²) in [6.45, 7) is 2.63. The monoisotopic (exact) mass is 252 g/mol. The average molecular weight is 252 g/mol. The second kappa shape index (κ2) is 16.9. The Hall–Kier alpha value is -2.48. The van der Waals surface area contributed by atoms with E-state index in [0.717, 1.165) is 0 Å². The lowest BCUT2D eigenvalue weighted by Crippen LogP contribution is -2.00. The first kappa shape index (κ1) is 17.9. The Labute approximate surface area is 103 Å². The van der Waals surface area contributed by atoms with Crippen LogP contribution in [0.4, 0.5) is 0 Å². The van der Waals surface area contributed by atoms with Crippen LogP contribution < -0.4 is 0 Å². The van der Waals surface area contributed by atoms with Gasteiger partial charge in [0.25, 0.3) is 0 Å². The van der Waals surface area contributed by atoms with Crippen LogP contribution in [0.1, 0.15) is 13.3 Å². The highest BCUT2D eigenvalue weighted by Gasteiger charge is 1.93. The molecule has 1 unspecified atom stereocenters. The molecule has 0 spiro atoms. The van der Waals surface area contributed by atoms with Crippen molar-refractivity contribution in [1.29, 1.82) is 0 Å². The molecule has 0 aromatic rings. The lowest BCUT2D eigenvalue weighted by Gasteiger charge is -1.91.